The van der Waals surface area contributed by atoms with Gasteiger partial charge in [0.1, 0.15) is 0 Å². The van der Waals surface area contributed by atoms with Gasteiger partial charge in [0.2, 0.25) is 0 Å². The van der Waals surface area contributed by atoms with E-state index >= 15 is 0 Å². The molecule has 5 heteroatoms. The number of para-hydroxylation sites is 1. The average molecular weight is 408 g/mol. The van der Waals surface area contributed by atoms with E-state index < -0.39 is 0 Å². The first kappa shape index (κ1) is 20.0. The monoisotopic (exact) mass is 408 g/mol. The second-order valence-electron chi connectivity index (χ2n) is 6.87. The molecule has 0 bridgehead atoms. The number of benzene rings is 3. The Kier molecular flexibility index (Phi) is 5.85. The van der Waals surface area contributed by atoms with Crippen LogP contribution in [0.25, 0.3) is 22.6 Å². The van der Waals surface area contributed by atoms with Crippen LogP contribution in [0.2, 0.25) is 0 Å². The predicted octanol–water partition coefficient (Wildman–Crippen LogP) is 5.20. The van der Waals surface area contributed by atoms with Gasteiger partial charge in [-0.3, -0.25) is 9.78 Å². The van der Waals surface area contributed by atoms with E-state index in [9.17, 15) is 9.59 Å². The van der Waals surface area contributed by atoms with Crippen LogP contribution in [-0.4, -0.2) is 24.0 Å². The molecule has 0 spiro atoms. The summed E-state index contributed by atoms with van der Waals surface area (Å²) in [5, 5.41) is 3.80. The lowest BCUT2D eigenvalue weighted by atomic mass is 10.0. The van der Waals surface area contributed by atoms with Gasteiger partial charge in [0, 0.05) is 28.4 Å². The Morgan fingerprint density at radius 3 is 2.52 bits per heavy atom. The van der Waals surface area contributed by atoms with Gasteiger partial charge in [-0.1, -0.05) is 54.6 Å². The van der Waals surface area contributed by atoms with Crippen LogP contribution >= 0.6 is 0 Å². The first-order chi connectivity index (χ1) is 15.2. The van der Waals surface area contributed by atoms with Gasteiger partial charge in [-0.2, -0.15) is 0 Å². The maximum Gasteiger partial charge on any atom is 0.337 e. The third kappa shape index (κ3) is 4.51. The molecule has 2 heterocycles. The SMILES string of the molecule is COC(=O)c1ccc2ncccc2c1.O=C1Nc2ccccc2C1=Cc1ccccc1. The van der Waals surface area contributed by atoms with Crippen molar-refractivity contribution in [2.45, 2.75) is 0 Å². The van der Waals surface area contributed by atoms with Crippen LogP contribution in [0, 0.1) is 0 Å². The van der Waals surface area contributed by atoms with Gasteiger partial charge in [-0.25, -0.2) is 4.79 Å². The molecule has 152 valence electrons. The lowest BCUT2D eigenvalue weighted by Crippen LogP contribution is -2.03. The number of hydrogen-bond acceptors (Lipinski definition) is 4. The Labute approximate surface area is 180 Å². The van der Waals surface area contributed by atoms with E-state index in [2.05, 4.69) is 15.0 Å². The van der Waals surface area contributed by atoms with Crippen molar-refractivity contribution in [3.63, 3.8) is 0 Å². The Morgan fingerprint density at radius 1 is 0.935 bits per heavy atom. The molecule has 0 fully saturated rings. The average Bonchev–Trinajstić information content (AvgIpc) is 3.14. The zero-order valence-electron chi connectivity index (χ0n) is 16.9. The third-order valence-electron chi connectivity index (χ3n) is 4.84. The molecule has 1 aromatic heterocycles. The molecule has 3 aromatic carbocycles. The van der Waals surface area contributed by atoms with Crippen molar-refractivity contribution in [2.24, 2.45) is 0 Å². The summed E-state index contributed by atoms with van der Waals surface area (Å²) in [6.07, 6.45) is 3.64. The van der Waals surface area contributed by atoms with Gasteiger partial charge in [-0.05, 0) is 42.0 Å². The number of nitrogens with one attached hydrogen (secondary N) is 1. The fourth-order valence-electron chi connectivity index (χ4n) is 3.32. The summed E-state index contributed by atoms with van der Waals surface area (Å²) in [5.41, 5.74) is 5.05. The van der Waals surface area contributed by atoms with E-state index in [1.165, 1.54) is 7.11 Å². The second-order valence-corrected chi connectivity index (χ2v) is 6.87. The number of carbonyl (C=O) groups is 2. The molecule has 1 amide bonds. The van der Waals surface area contributed by atoms with Crippen LogP contribution in [0.4, 0.5) is 5.69 Å². The molecule has 1 aliphatic heterocycles. The highest BCUT2D eigenvalue weighted by Gasteiger charge is 2.22. The molecule has 5 nitrogen and oxygen atoms in total. The number of nitrogens with zero attached hydrogens (tertiary/aromatic N) is 1. The number of hydrogen-bond donors (Lipinski definition) is 1. The summed E-state index contributed by atoms with van der Waals surface area (Å²) >= 11 is 0. The molecule has 0 atom stereocenters. The van der Waals surface area contributed by atoms with E-state index in [0.717, 1.165) is 33.3 Å². The van der Waals surface area contributed by atoms with Gasteiger partial charge in [0.05, 0.1) is 18.2 Å². The number of esters is 1. The van der Waals surface area contributed by atoms with Crippen molar-refractivity contribution in [1.82, 2.24) is 4.98 Å². The molecule has 0 radical (unpaired) electrons. The fourth-order valence-corrected chi connectivity index (χ4v) is 3.32. The van der Waals surface area contributed by atoms with Gasteiger partial charge in [0.15, 0.2) is 0 Å². The summed E-state index contributed by atoms with van der Waals surface area (Å²) in [5.74, 6) is -0.356. The Morgan fingerprint density at radius 2 is 1.71 bits per heavy atom. The van der Waals surface area contributed by atoms with Crippen molar-refractivity contribution < 1.29 is 14.3 Å². The van der Waals surface area contributed by atoms with Crippen LogP contribution in [0.1, 0.15) is 21.5 Å². The van der Waals surface area contributed by atoms with Crippen molar-refractivity contribution in [2.75, 3.05) is 12.4 Å². The molecule has 5 rings (SSSR count). The number of pyridine rings is 1. The fraction of sp³-hybridized carbons (Fsp3) is 0.0385. The number of anilines is 1. The molecule has 0 aliphatic carbocycles. The number of rotatable bonds is 2. The van der Waals surface area contributed by atoms with Crippen LogP contribution < -0.4 is 5.32 Å². The molecule has 1 aliphatic rings. The topological polar surface area (TPSA) is 68.3 Å². The standard InChI is InChI=1S/C15H11NO.C11H9NO2/c17-15-13(10-11-6-2-1-3-7-11)12-8-4-5-9-14(12)16-15;1-14-11(13)9-4-5-10-8(7-9)3-2-6-12-10/h1-10H,(H,16,17);2-7H,1H3. The number of ether oxygens (including phenoxy) is 1. The molecule has 31 heavy (non-hydrogen) atoms. The summed E-state index contributed by atoms with van der Waals surface area (Å²) in [6, 6.07) is 26.6. The molecule has 0 unspecified atom stereocenters. The minimum absolute atomic E-state index is 0.0324. The van der Waals surface area contributed by atoms with Crippen molar-refractivity contribution in [3.05, 3.63) is 108 Å². The second kappa shape index (κ2) is 9.05. The highest BCUT2D eigenvalue weighted by atomic mass is 16.5. The lowest BCUT2D eigenvalue weighted by molar-refractivity contribution is -0.110. The van der Waals surface area contributed by atoms with Crippen LogP contribution in [-0.2, 0) is 9.53 Å². The van der Waals surface area contributed by atoms with Crippen LogP contribution in [0.3, 0.4) is 0 Å². The van der Waals surface area contributed by atoms with Crippen molar-refractivity contribution in [3.8, 4) is 0 Å². The minimum Gasteiger partial charge on any atom is -0.465 e. The normalized spacial score (nSPS) is 13.2. The first-order valence-electron chi connectivity index (χ1n) is 9.76. The zero-order chi connectivity index (χ0) is 21.6. The molecule has 4 aromatic rings. The van der Waals surface area contributed by atoms with Crippen molar-refractivity contribution >= 4 is 40.1 Å². The largest absolute Gasteiger partial charge is 0.465 e. The van der Waals surface area contributed by atoms with Gasteiger partial charge >= 0.3 is 5.97 Å². The molecule has 0 saturated heterocycles. The van der Waals surface area contributed by atoms with Crippen LogP contribution in [0.15, 0.2) is 91.1 Å². The van der Waals surface area contributed by atoms with E-state index in [0.29, 0.717) is 5.56 Å². The number of methoxy groups -OCH3 is 1. The number of fused-ring (bicyclic) bond motifs is 2. The summed E-state index contributed by atoms with van der Waals surface area (Å²) < 4.78 is 4.63. The van der Waals surface area contributed by atoms with Gasteiger partial charge < -0.3 is 10.1 Å². The Balaban J connectivity index is 0.000000152. The Bertz CT molecular complexity index is 1280. The predicted molar refractivity (Wildman–Crippen MR) is 122 cm³/mol. The lowest BCUT2D eigenvalue weighted by Gasteiger charge is -2.00. The van der Waals surface area contributed by atoms with Gasteiger partial charge in [0.25, 0.3) is 5.91 Å². The number of carbonyl (C=O) groups excluding carboxylic acids is 2. The zero-order valence-corrected chi connectivity index (χ0v) is 16.9. The van der Waals surface area contributed by atoms with Crippen molar-refractivity contribution in [1.29, 1.82) is 0 Å². The molecule has 0 saturated carbocycles. The molecule has 1 N–H and O–H groups in total. The maximum atomic E-state index is 11.9. The third-order valence-corrected chi connectivity index (χ3v) is 4.84. The van der Waals surface area contributed by atoms with E-state index in [1.807, 2.05) is 78.9 Å². The van der Waals surface area contributed by atoms with E-state index in [1.54, 1.807) is 18.3 Å². The summed E-state index contributed by atoms with van der Waals surface area (Å²) in [7, 11) is 1.37. The Hall–Kier alpha value is -4.25. The number of amides is 1. The minimum atomic E-state index is -0.323. The van der Waals surface area contributed by atoms with Crippen LogP contribution in [0.5, 0.6) is 0 Å². The van der Waals surface area contributed by atoms with Gasteiger partial charge in [-0.15, -0.1) is 0 Å². The van der Waals surface area contributed by atoms with E-state index in [4.69, 9.17) is 0 Å². The summed E-state index contributed by atoms with van der Waals surface area (Å²) in [6.45, 7) is 0. The molecular weight excluding hydrogens is 388 g/mol. The maximum absolute atomic E-state index is 11.9. The quantitative estimate of drug-likeness (QED) is 0.366. The highest BCUT2D eigenvalue weighted by molar-refractivity contribution is 6.34. The highest BCUT2D eigenvalue weighted by Crippen LogP contribution is 2.32. The first-order valence-corrected chi connectivity index (χ1v) is 9.76. The van der Waals surface area contributed by atoms with E-state index in [-0.39, 0.29) is 11.9 Å². The smallest absolute Gasteiger partial charge is 0.337 e. The number of aromatic nitrogens is 1. The molecular formula is C26H20N2O3. The summed E-state index contributed by atoms with van der Waals surface area (Å²) in [4.78, 5) is 27.2.